The molecule has 0 fully saturated rings. The van der Waals surface area contributed by atoms with Crippen molar-refractivity contribution in [1.29, 1.82) is 0 Å². The first-order chi connectivity index (χ1) is 6.65. The molecule has 0 bridgehead atoms. The maximum absolute atomic E-state index is 5.55. The smallest absolute Gasteiger partial charge is 0.148 e. The molecule has 0 aliphatic heterocycles. The Morgan fingerprint density at radius 1 is 1.50 bits per heavy atom. The third-order valence-electron chi connectivity index (χ3n) is 1.92. The minimum Gasteiger partial charge on any atom is -0.396 e. The Morgan fingerprint density at radius 3 is 2.79 bits per heavy atom. The summed E-state index contributed by atoms with van der Waals surface area (Å²) in [6, 6.07) is 0. The quantitative estimate of drug-likeness (QED) is 0.724. The lowest BCUT2D eigenvalue weighted by Gasteiger charge is -1.99. The van der Waals surface area contributed by atoms with Crippen LogP contribution in [0.5, 0.6) is 0 Å². The number of aromatic nitrogens is 5. The summed E-state index contributed by atoms with van der Waals surface area (Å²) in [7, 11) is 1.86. The summed E-state index contributed by atoms with van der Waals surface area (Å²) in [4.78, 5) is 4.26. The zero-order chi connectivity index (χ0) is 10.1. The van der Waals surface area contributed by atoms with E-state index in [1.165, 1.54) is 0 Å². The van der Waals surface area contributed by atoms with E-state index in [0.717, 1.165) is 11.6 Å². The third kappa shape index (κ3) is 1.59. The molecule has 0 atom stereocenters. The van der Waals surface area contributed by atoms with Gasteiger partial charge in [-0.05, 0) is 6.92 Å². The summed E-state index contributed by atoms with van der Waals surface area (Å²) in [5.74, 6) is 1.63. The second-order valence-corrected chi connectivity index (χ2v) is 3.17. The molecule has 0 aromatic carbocycles. The summed E-state index contributed by atoms with van der Waals surface area (Å²) in [5.41, 5.74) is 6.21. The summed E-state index contributed by atoms with van der Waals surface area (Å²) in [6.45, 7) is 2.45. The standard InChI is InChI=1S/C8H12N6/c1-6-11-8(13(2)12-6)5-14-4-7(9)3-10-14/h3-4H,5,9H2,1-2H3. The molecule has 14 heavy (non-hydrogen) atoms. The van der Waals surface area contributed by atoms with Gasteiger partial charge in [0.25, 0.3) is 0 Å². The zero-order valence-electron chi connectivity index (χ0n) is 8.18. The maximum atomic E-state index is 5.55. The van der Waals surface area contributed by atoms with Gasteiger partial charge in [0.1, 0.15) is 18.2 Å². The highest BCUT2D eigenvalue weighted by Crippen LogP contribution is 2.02. The van der Waals surface area contributed by atoms with Crippen LogP contribution in [0.15, 0.2) is 12.4 Å². The topological polar surface area (TPSA) is 74.6 Å². The molecule has 0 saturated carbocycles. The van der Waals surface area contributed by atoms with E-state index in [1.807, 2.05) is 14.0 Å². The number of anilines is 1. The molecule has 0 saturated heterocycles. The Morgan fingerprint density at radius 2 is 2.29 bits per heavy atom. The van der Waals surface area contributed by atoms with E-state index in [4.69, 9.17) is 5.73 Å². The largest absolute Gasteiger partial charge is 0.396 e. The second-order valence-electron chi connectivity index (χ2n) is 3.17. The fourth-order valence-electron chi connectivity index (χ4n) is 1.30. The van der Waals surface area contributed by atoms with Crippen LogP contribution in [-0.2, 0) is 13.6 Å². The van der Waals surface area contributed by atoms with Crippen molar-refractivity contribution < 1.29 is 0 Å². The highest BCUT2D eigenvalue weighted by Gasteiger charge is 2.04. The van der Waals surface area contributed by atoms with Crippen molar-refractivity contribution in [2.24, 2.45) is 7.05 Å². The molecular formula is C8H12N6. The van der Waals surface area contributed by atoms with Crippen LogP contribution in [0.2, 0.25) is 0 Å². The number of nitrogens with two attached hydrogens (primary N) is 1. The third-order valence-corrected chi connectivity index (χ3v) is 1.92. The first-order valence-electron chi connectivity index (χ1n) is 4.29. The number of aryl methyl sites for hydroxylation is 2. The Balaban J connectivity index is 2.22. The van der Waals surface area contributed by atoms with Crippen molar-refractivity contribution in [2.75, 3.05) is 5.73 Å². The van der Waals surface area contributed by atoms with Crippen molar-refractivity contribution >= 4 is 5.69 Å². The molecule has 2 rings (SSSR count). The number of hydrogen-bond donors (Lipinski definition) is 1. The summed E-state index contributed by atoms with van der Waals surface area (Å²) >= 11 is 0. The van der Waals surface area contributed by atoms with Crippen LogP contribution in [0, 0.1) is 6.92 Å². The van der Waals surface area contributed by atoms with Gasteiger partial charge in [0, 0.05) is 13.2 Å². The molecule has 0 aliphatic carbocycles. The van der Waals surface area contributed by atoms with Crippen molar-refractivity contribution in [1.82, 2.24) is 24.5 Å². The van der Waals surface area contributed by atoms with Crippen LogP contribution in [-0.4, -0.2) is 24.5 Å². The Bertz CT molecular complexity index is 440. The lowest BCUT2D eigenvalue weighted by Crippen LogP contribution is -2.07. The van der Waals surface area contributed by atoms with Crippen LogP contribution in [0.1, 0.15) is 11.6 Å². The summed E-state index contributed by atoms with van der Waals surface area (Å²) < 4.78 is 3.48. The molecular weight excluding hydrogens is 180 g/mol. The number of nitrogen functional groups attached to an aromatic ring is 1. The molecule has 6 heteroatoms. The average Bonchev–Trinajstić information content (AvgIpc) is 2.61. The zero-order valence-corrected chi connectivity index (χ0v) is 8.18. The summed E-state index contributed by atoms with van der Waals surface area (Å²) in [5, 5.41) is 8.22. The van der Waals surface area contributed by atoms with E-state index in [0.29, 0.717) is 12.2 Å². The van der Waals surface area contributed by atoms with Gasteiger partial charge in [0.15, 0.2) is 0 Å². The van der Waals surface area contributed by atoms with Crippen molar-refractivity contribution in [2.45, 2.75) is 13.5 Å². The predicted octanol–water partition coefficient (Wildman–Crippen LogP) is -0.0495. The second kappa shape index (κ2) is 3.13. The van der Waals surface area contributed by atoms with Crippen LogP contribution in [0.25, 0.3) is 0 Å². The van der Waals surface area contributed by atoms with Gasteiger partial charge in [-0.3, -0.25) is 9.36 Å². The van der Waals surface area contributed by atoms with Crippen molar-refractivity contribution in [3.05, 3.63) is 24.0 Å². The maximum Gasteiger partial charge on any atom is 0.148 e. The SMILES string of the molecule is Cc1nc(Cn2cc(N)cn2)n(C)n1. The number of hydrogen-bond acceptors (Lipinski definition) is 4. The minimum absolute atomic E-state index is 0.592. The molecule has 2 heterocycles. The molecule has 0 unspecified atom stereocenters. The van der Waals surface area contributed by atoms with E-state index >= 15 is 0 Å². The van der Waals surface area contributed by atoms with E-state index in [9.17, 15) is 0 Å². The fraction of sp³-hybridized carbons (Fsp3) is 0.375. The minimum atomic E-state index is 0.592. The van der Waals surface area contributed by atoms with Gasteiger partial charge in [0.2, 0.25) is 0 Å². The Kier molecular flexibility index (Phi) is 1.95. The summed E-state index contributed by atoms with van der Waals surface area (Å²) in [6.07, 6.45) is 3.38. The molecule has 2 N–H and O–H groups in total. The molecule has 2 aromatic rings. The molecule has 6 nitrogen and oxygen atoms in total. The van der Waals surface area contributed by atoms with Gasteiger partial charge in [-0.25, -0.2) is 4.98 Å². The fourth-order valence-corrected chi connectivity index (χ4v) is 1.30. The van der Waals surface area contributed by atoms with E-state index in [-0.39, 0.29) is 0 Å². The predicted molar refractivity (Wildman–Crippen MR) is 51.5 cm³/mol. The number of rotatable bonds is 2. The van der Waals surface area contributed by atoms with Gasteiger partial charge in [-0.15, -0.1) is 0 Å². The van der Waals surface area contributed by atoms with E-state index in [1.54, 1.807) is 21.8 Å². The Hall–Kier alpha value is -1.85. The van der Waals surface area contributed by atoms with Gasteiger partial charge >= 0.3 is 0 Å². The van der Waals surface area contributed by atoms with Crippen molar-refractivity contribution in [3.8, 4) is 0 Å². The molecule has 0 spiro atoms. The lowest BCUT2D eigenvalue weighted by molar-refractivity contribution is 0.608. The highest BCUT2D eigenvalue weighted by atomic mass is 15.4. The first-order valence-corrected chi connectivity index (χ1v) is 4.29. The van der Waals surface area contributed by atoms with Crippen LogP contribution >= 0.6 is 0 Å². The van der Waals surface area contributed by atoms with Crippen LogP contribution in [0.3, 0.4) is 0 Å². The van der Waals surface area contributed by atoms with Crippen LogP contribution < -0.4 is 5.73 Å². The van der Waals surface area contributed by atoms with Gasteiger partial charge in [-0.2, -0.15) is 10.2 Å². The van der Waals surface area contributed by atoms with E-state index < -0.39 is 0 Å². The molecule has 0 radical (unpaired) electrons. The highest BCUT2D eigenvalue weighted by molar-refractivity contribution is 5.30. The molecule has 74 valence electrons. The van der Waals surface area contributed by atoms with Gasteiger partial charge < -0.3 is 5.73 Å². The van der Waals surface area contributed by atoms with Gasteiger partial charge in [-0.1, -0.05) is 0 Å². The first kappa shape index (κ1) is 8.74. The lowest BCUT2D eigenvalue weighted by atomic mass is 10.5. The molecule has 0 aliphatic rings. The molecule has 2 aromatic heterocycles. The van der Waals surface area contributed by atoms with E-state index in [2.05, 4.69) is 15.2 Å². The number of nitrogens with zero attached hydrogens (tertiary/aromatic N) is 5. The van der Waals surface area contributed by atoms with Crippen LogP contribution in [0.4, 0.5) is 5.69 Å². The monoisotopic (exact) mass is 192 g/mol. The Labute approximate surface area is 81.4 Å². The average molecular weight is 192 g/mol. The molecule has 0 amide bonds. The van der Waals surface area contributed by atoms with Gasteiger partial charge in [0.05, 0.1) is 11.9 Å². The normalized spacial score (nSPS) is 10.7. The van der Waals surface area contributed by atoms with Crippen molar-refractivity contribution in [3.63, 3.8) is 0 Å².